The SMILES string of the molecule is COc1ccc(CCNC(=O)Cc2csc(SCC(=O)Nc3cccc4ccccc34)n2)cc1. The number of hydrogen-bond donors (Lipinski definition) is 2. The number of ether oxygens (including phenoxy) is 1. The Morgan fingerprint density at radius 3 is 2.62 bits per heavy atom. The normalized spacial score (nSPS) is 10.7. The summed E-state index contributed by atoms with van der Waals surface area (Å²) in [5.74, 6) is 0.916. The molecule has 8 heteroatoms. The van der Waals surface area contributed by atoms with Crippen molar-refractivity contribution >= 4 is 51.4 Å². The number of thioether (sulfide) groups is 1. The number of nitrogens with one attached hydrogen (secondary N) is 2. The van der Waals surface area contributed by atoms with Crippen molar-refractivity contribution in [2.75, 3.05) is 24.7 Å². The Kier molecular flexibility index (Phi) is 8.17. The van der Waals surface area contributed by atoms with Gasteiger partial charge in [0.05, 0.1) is 25.0 Å². The summed E-state index contributed by atoms with van der Waals surface area (Å²) in [4.78, 5) is 29.2. The average Bonchev–Trinajstić information content (AvgIpc) is 3.30. The lowest BCUT2D eigenvalue weighted by Crippen LogP contribution is -2.27. The molecule has 4 aromatic rings. The van der Waals surface area contributed by atoms with Crippen molar-refractivity contribution in [2.24, 2.45) is 0 Å². The number of fused-ring (bicyclic) bond motifs is 1. The molecule has 1 heterocycles. The van der Waals surface area contributed by atoms with E-state index in [4.69, 9.17) is 4.74 Å². The number of amides is 2. The van der Waals surface area contributed by atoms with Crippen LogP contribution in [0.1, 0.15) is 11.3 Å². The number of anilines is 1. The number of thiazole rings is 1. The third-order valence-corrected chi connectivity index (χ3v) is 7.23. The van der Waals surface area contributed by atoms with Gasteiger partial charge >= 0.3 is 0 Å². The highest BCUT2D eigenvalue weighted by molar-refractivity contribution is 8.01. The van der Waals surface area contributed by atoms with Crippen molar-refractivity contribution in [1.82, 2.24) is 10.3 Å². The Bertz CT molecular complexity index is 1270. The standard InChI is InChI=1S/C26H25N3O3S2/c1-32-21-11-9-18(10-12-21)13-14-27-24(30)15-20-16-33-26(28-20)34-17-25(31)29-23-8-4-6-19-5-2-3-7-22(19)23/h2-12,16H,13-15,17H2,1H3,(H,27,30)(H,29,31). The molecule has 0 saturated heterocycles. The van der Waals surface area contributed by atoms with Gasteiger partial charge in [-0.2, -0.15) is 0 Å². The fourth-order valence-corrected chi connectivity index (χ4v) is 5.09. The molecule has 0 radical (unpaired) electrons. The minimum atomic E-state index is -0.0885. The van der Waals surface area contributed by atoms with Crippen LogP contribution in [0.2, 0.25) is 0 Å². The largest absolute Gasteiger partial charge is 0.497 e. The first kappa shape index (κ1) is 23.8. The number of nitrogens with zero attached hydrogens (tertiary/aromatic N) is 1. The molecule has 174 valence electrons. The lowest BCUT2D eigenvalue weighted by molar-refractivity contribution is -0.120. The summed E-state index contributed by atoms with van der Waals surface area (Å²) < 4.78 is 5.93. The number of benzene rings is 3. The van der Waals surface area contributed by atoms with Crippen LogP contribution in [0.25, 0.3) is 10.8 Å². The molecular formula is C26H25N3O3S2. The molecule has 2 N–H and O–H groups in total. The molecule has 0 unspecified atom stereocenters. The summed E-state index contributed by atoms with van der Waals surface area (Å²) in [6.07, 6.45) is 0.974. The highest BCUT2D eigenvalue weighted by atomic mass is 32.2. The summed E-state index contributed by atoms with van der Waals surface area (Å²) in [6, 6.07) is 21.6. The Hall–Kier alpha value is -3.36. The van der Waals surface area contributed by atoms with Gasteiger partial charge in [-0.3, -0.25) is 9.59 Å². The van der Waals surface area contributed by atoms with Crippen molar-refractivity contribution in [2.45, 2.75) is 17.2 Å². The Labute approximate surface area is 206 Å². The topological polar surface area (TPSA) is 80.3 Å². The molecule has 6 nitrogen and oxygen atoms in total. The number of methoxy groups -OCH3 is 1. The summed E-state index contributed by atoms with van der Waals surface area (Å²) in [5.41, 5.74) is 2.65. The van der Waals surface area contributed by atoms with Crippen molar-refractivity contribution in [3.05, 3.63) is 83.4 Å². The quantitative estimate of drug-likeness (QED) is 0.307. The lowest BCUT2D eigenvalue weighted by atomic mass is 10.1. The fourth-order valence-electron chi connectivity index (χ4n) is 3.45. The number of carbonyl (C=O) groups is 2. The maximum atomic E-state index is 12.5. The van der Waals surface area contributed by atoms with E-state index >= 15 is 0 Å². The van der Waals surface area contributed by atoms with E-state index in [1.54, 1.807) is 7.11 Å². The molecule has 0 spiro atoms. The van der Waals surface area contributed by atoms with Crippen molar-refractivity contribution < 1.29 is 14.3 Å². The van der Waals surface area contributed by atoms with E-state index in [0.29, 0.717) is 12.2 Å². The van der Waals surface area contributed by atoms with Crippen LogP contribution in [0.15, 0.2) is 76.4 Å². The molecule has 0 aliphatic rings. The van der Waals surface area contributed by atoms with E-state index in [1.165, 1.54) is 23.1 Å². The minimum Gasteiger partial charge on any atom is -0.497 e. The first-order valence-corrected chi connectivity index (χ1v) is 12.7. The molecule has 0 aliphatic carbocycles. The Balaban J connectivity index is 1.20. The Morgan fingerprint density at radius 1 is 1.00 bits per heavy atom. The monoisotopic (exact) mass is 491 g/mol. The third-order valence-electron chi connectivity index (χ3n) is 5.16. The molecule has 3 aromatic carbocycles. The van der Waals surface area contributed by atoms with Crippen LogP contribution in [0.4, 0.5) is 5.69 Å². The second-order valence-electron chi connectivity index (χ2n) is 7.59. The summed E-state index contributed by atoms with van der Waals surface area (Å²) in [7, 11) is 1.64. The molecule has 2 amide bonds. The Morgan fingerprint density at radius 2 is 1.79 bits per heavy atom. The average molecular weight is 492 g/mol. The zero-order chi connectivity index (χ0) is 23.8. The van der Waals surface area contributed by atoms with Gasteiger partial charge < -0.3 is 15.4 Å². The summed E-state index contributed by atoms with van der Waals surface area (Å²) in [6.45, 7) is 0.561. The van der Waals surface area contributed by atoms with Gasteiger partial charge in [0, 0.05) is 23.0 Å². The van der Waals surface area contributed by atoms with E-state index in [9.17, 15) is 9.59 Å². The maximum absolute atomic E-state index is 12.5. The van der Waals surface area contributed by atoms with E-state index in [-0.39, 0.29) is 24.0 Å². The molecule has 0 fully saturated rings. The molecule has 4 rings (SSSR count). The van der Waals surface area contributed by atoms with E-state index in [0.717, 1.165) is 38.5 Å². The van der Waals surface area contributed by atoms with Crippen LogP contribution in [-0.4, -0.2) is 36.2 Å². The second-order valence-corrected chi connectivity index (χ2v) is 9.67. The van der Waals surface area contributed by atoms with Crippen LogP contribution in [-0.2, 0) is 22.4 Å². The van der Waals surface area contributed by atoms with Gasteiger partial charge in [0.1, 0.15) is 5.75 Å². The zero-order valence-corrected chi connectivity index (χ0v) is 20.4. The second kappa shape index (κ2) is 11.7. The van der Waals surface area contributed by atoms with Crippen LogP contribution >= 0.6 is 23.1 Å². The van der Waals surface area contributed by atoms with Crippen molar-refractivity contribution in [1.29, 1.82) is 0 Å². The maximum Gasteiger partial charge on any atom is 0.234 e. The lowest BCUT2D eigenvalue weighted by Gasteiger charge is -2.08. The van der Waals surface area contributed by atoms with Crippen LogP contribution < -0.4 is 15.4 Å². The van der Waals surface area contributed by atoms with Crippen LogP contribution in [0.3, 0.4) is 0 Å². The number of carbonyl (C=O) groups excluding carboxylic acids is 2. The van der Waals surface area contributed by atoms with E-state index < -0.39 is 0 Å². The van der Waals surface area contributed by atoms with Gasteiger partial charge in [0.25, 0.3) is 0 Å². The highest BCUT2D eigenvalue weighted by Gasteiger charge is 2.11. The summed E-state index contributed by atoms with van der Waals surface area (Å²) in [5, 5.41) is 9.88. The third kappa shape index (κ3) is 6.59. The van der Waals surface area contributed by atoms with Gasteiger partial charge in [0.15, 0.2) is 4.34 Å². The van der Waals surface area contributed by atoms with Crippen LogP contribution in [0, 0.1) is 0 Å². The molecule has 1 aromatic heterocycles. The van der Waals surface area contributed by atoms with Gasteiger partial charge in [-0.25, -0.2) is 4.98 Å². The van der Waals surface area contributed by atoms with Gasteiger partial charge in [0.2, 0.25) is 11.8 Å². The zero-order valence-electron chi connectivity index (χ0n) is 18.7. The molecule has 0 aliphatic heterocycles. The predicted molar refractivity (Wildman–Crippen MR) is 139 cm³/mol. The highest BCUT2D eigenvalue weighted by Crippen LogP contribution is 2.25. The van der Waals surface area contributed by atoms with Crippen molar-refractivity contribution in [3.8, 4) is 5.75 Å². The first-order chi connectivity index (χ1) is 16.6. The van der Waals surface area contributed by atoms with Gasteiger partial charge in [-0.05, 0) is 35.6 Å². The van der Waals surface area contributed by atoms with E-state index in [2.05, 4.69) is 15.6 Å². The molecule has 0 atom stereocenters. The van der Waals surface area contributed by atoms with Gasteiger partial charge in [-0.1, -0.05) is 60.3 Å². The molecule has 0 saturated carbocycles. The van der Waals surface area contributed by atoms with Gasteiger partial charge in [-0.15, -0.1) is 11.3 Å². The first-order valence-electron chi connectivity index (χ1n) is 10.8. The molecular weight excluding hydrogens is 466 g/mol. The number of hydrogen-bond acceptors (Lipinski definition) is 6. The summed E-state index contributed by atoms with van der Waals surface area (Å²) >= 11 is 2.82. The molecule has 34 heavy (non-hydrogen) atoms. The van der Waals surface area contributed by atoms with Crippen molar-refractivity contribution in [3.63, 3.8) is 0 Å². The predicted octanol–water partition coefficient (Wildman–Crippen LogP) is 4.94. The van der Waals surface area contributed by atoms with E-state index in [1.807, 2.05) is 72.1 Å². The van der Waals surface area contributed by atoms with Crippen LogP contribution in [0.5, 0.6) is 5.75 Å². The smallest absolute Gasteiger partial charge is 0.234 e. The molecule has 0 bridgehead atoms. The number of rotatable bonds is 10. The minimum absolute atomic E-state index is 0.0657. The number of aromatic nitrogens is 1. The fraction of sp³-hybridized carbons (Fsp3) is 0.192.